The van der Waals surface area contributed by atoms with E-state index in [4.69, 9.17) is 4.42 Å². The van der Waals surface area contributed by atoms with Gasteiger partial charge < -0.3 is 24.7 Å². The maximum Gasteiger partial charge on any atom is 0.287 e. The molecule has 5 rings (SSSR count). The van der Waals surface area contributed by atoms with Crippen LogP contribution in [0.3, 0.4) is 0 Å². The largest absolute Gasteiger partial charge is 0.451 e. The Balaban J connectivity index is 1.35. The molecule has 0 aliphatic carbocycles. The fraction of sp³-hybridized carbons (Fsp3) is 0.346. The molecule has 4 aromatic rings. The van der Waals surface area contributed by atoms with Crippen LogP contribution < -0.4 is 16.1 Å². The molecule has 11 nitrogen and oxygen atoms in total. The lowest BCUT2D eigenvalue weighted by Crippen LogP contribution is -2.34. The van der Waals surface area contributed by atoms with Crippen molar-refractivity contribution in [1.29, 1.82) is 0 Å². The van der Waals surface area contributed by atoms with Crippen molar-refractivity contribution < 1.29 is 14.3 Å². The van der Waals surface area contributed by atoms with E-state index in [0.29, 0.717) is 53.6 Å². The summed E-state index contributed by atoms with van der Waals surface area (Å²) < 4.78 is 7.73. The summed E-state index contributed by atoms with van der Waals surface area (Å²) in [5.41, 5.74) is 1.11. The number of carbonyl (C=O) groups excluding carboxylic acids is 1. The second-order valence-electron chi connectivity index (χ2n) is 9.34. The molecule has 37 heavy (non-hydrogen) atoms. The number of hydrogen-bond donors (Lipinski definition) is 3. The van der Waals surface area contributed by atoms with Crippen molar-refractivity contribution in [2.45, 2.75) is 32.4 Å². The van der Waals surface area contributed by atoms with E-state index in [1.54, 1.807) is 30.6 Å². The zero-order chi connectivity index (χ0) is 25.9. The molecule has 0 spiro atoms. The van der Waals surface area contributed by atoms with E-state index in [9.17, 15) is 14.7 Å². The fourth-order valence-electron chi connectivity index (χ4n) is 4.43. The second kappa shape index (κ2) is 10.5. The van der Waals surface area contributed by atoms with Crippen LogP contribution in [-0.4, -0.2) is 67.9 Å². The predicted molar refractivity (Wildman–Crippen MR) is 139 cm³/mol. The Morgan fingerprint density at radius 2 is 2.08 bits per heavy atom. The number of rotatable bonds is 8. The van der Waals surface area contributed by atoms with Crippen LogP contribution in [0, 0.1) is 0 Å². The molecular weight excluding hydrogens is 474 g/mol. The van der Waals surface area contributed by atoms with E-state index >= 15 is 0 Å². The summed E-state index contributed by atoms with van der Waals surface area (Å²) in [6.45, 7) is 6.49. The number of nitrogens with one attached hydrogen (secondary N) is 2. The van der Waals surface area contributed by atoms with E-state index in [0.717, 1.165) is 13.0 Å². The number of aliphatic hydroxyl groups excluding tert-OH is 1. The summed E-state index contributed by atoms with van der Waals surface area (Å²) in [7, 11) is 0. The Hall–Kier alpha value is -4.09. The summed E-state index contributed by atoms with van der Waals surface area (Å²) in [6.07, 6.45) is 2.10. The van der Waals surface area contributed by atoms with Gasteiger partial charge in [0.05, 0.1) is 17.2 Å². The molecule has 1 aliphatic rings. The predicted octanol–water partition coefficient (Wildman–Crippen LogP) is 2.57. The first-order valence-corrected chi connectivity index (χ1v) is 12.3. The van der Waals surface area contributed by atoms with Crippen molar-refractivity contribution >= 4 is 28.4 Å². The van der Waals surface area contributed by atoms with Gasteiger partial charge in [0, 0.05) is 38.3 Å². The molecule has 1 saturated heterocycles. The molecule has 1 aliphatic heterocycles. The zero-order valence-electron chi connectivity index (χ0n) is 20.7. The highest BCUT2D eigenvalue weighted by Gasteiger charge is 2.20. The lowest BCUT2D eigenvalue weighted by Gasteiger charge is -2.15. The van der Waals surface area contributed by atoms with Crippen LogP contribution >= 0.6 is 0 Å². The smallest absolute Gasteiger partial charge is 0.287 e. The van der Waals surface area contributed by atoms with Crippen LogP contribution in [0.25, 0.3) is 22.5 Å². The van der Waals surface area contributed by atoms with Crippen LogP contribution in [0.5, 0.6) is 0 Å². The summed E-state index contributed by atoms with van der Waals surface area (Å²) in [6, 6.07) is 12.0. The maximum atomic E-state index is 13.0. The number of nitrogens with zero attached hydrogens (tertiary/aromatic N) is 5. The quantitative estimate of drug-likeness (QED) is 0.331. The minimum atomic E-state index is -0.458. The Bertz CT molecular complexity index is 1480. The minimum Gasteiger partial charge on any atom is -0.451 e. The number of hydrogen-bond acceptors (Lipinski definition) is 9. The summed E-state index contributed by atoms with van der Waals surface area (Å²) in [5, 5.41) is 24.1. The fourth-order valence-corrected chi connectivity index (χ4v) is 4.43. The molecule has 192 valence electrons. The summed E-state index contributed by atoms with van der Waals surface area (Å²) in [5.74, 6) is 0.661. The Kier molecular flexibility index (Phi) is 6.97. The van der Waals surface area contributed by atoms with Crippen LogP contribution in [0.2, 0.25) is 0 Å². The van der Waals surface area contributed by atoms with Gasteiger partial charge in [-0.1, -0.05) is 12.1 Å². The van der Waals surface area contributed by atoms with Crippen LogP contribution in [0.4, 0.5) is 11.5 Å². The summed E-state index contributed by atoms with van der Waals surface area (Å²) in [4.78, 5) is 32.4. The Labute approximate surface area is 213 Å². The van der Waals surface area contributed by atoms with E-state index < -0.39 is 5.91 Å². The molecule has 0 radical (unpaired) electrons. The third-order valence-corrected chi connectivity index (χ3v) is 6.31. The molecule has 1 aromatic carbocycles. The topological polar surface area (TPSA) is 138 Å². The van der Waals surface area contributed by atoms with Crippen molar-refractivity contribution in [1.82, 2.24) is 30.0 Å². The molecule has 1 fully saturated rings. The molecule has 3 aromatic heterocycles. The van der Waals surface area contributed by atoms with Gasteiger partial charge in [0.25, 0.3) is 5.91 Å². The Morgan fingerprint density at radius 3 is 2.86 bits per heavy atom. The van der Waals surface area contributed by atoms with E-state index in [2.05, 4.69) is 30.7 Å². The molecule has 4 heterocycles. The number of benzene rings is 1. The Morgan fingerprint density at radius 1 is 1.24 bits per heavy atom. The molecule has 1 atom stereocenters. The van der Waals surface area contributed by atoms with Gasteiger partial charge in [0.2, 0.25) is 0 Å². The number of fused-ring (bicyclic) bond motifs is 1. The van der Waals surface area contributed by atoms with Crippen LogP contribution in [0.1, 0.15) is 36.9 Å². The van der Waals surface area contributed by atoms with Gasteiger partial charge in [-0.15, -0.1) is 10.2 Å². The third kappa shape index (κ3) is 5.37. The van der Waals surface area contributed by atoms with Gasteiger partial charge in [-0.05, 0) is 44.5 Å². The number of β-amino-alcohol motifs (C(OH)–C–C–N with tert-alkyl or cyclic N) is 1. The molecule has 1 amide bonds. The van der Waals surface area contributed by atoms with Crippen molar-refractivity contribution in [3.8, 4) is 11.5 Å². The highest BCUT2D eigenvalue weighted by Crippen LogP contribution is 2.26. The van der Waals surface area contributed by atoms with Gasteiger partial charge in [0.15, 0.2) is 17.0 Å². The first-order chi connectivity index (χ1) is 17.9. The van der Waals surface area contributed by atoms with Gasteiger partial charge in [0.1, 0.15) is 23.4 Å². The lowest BCUT2D eigenvalue weighted by atomic mass is 10.1. The second-order valence-corrected chi connectivity index (χ2v) is 9.34. The summed E-state index contributed by atoms with van der Waals surface area (Å²) >= 11 is 0. The molecule has 3 N–H and O–H groups in total. The van der Waals surface area contributed by atoms with E-state index in [1.165, 1.54) is 6.07 Å². The molecule has 0 bridgehead atoms. The lowest BCUT2D eigenvalue weighted by molar-refractivity contribution is 0.0922. The molecule has 1 unspecified atom stereocenters. The average Bonchev–Trinajstić information content (AvgIpc) is 3.53. The van der Waals surface area contributed by atoms with Crippen LogP contribution in [-0.2, 0) is 0 Å². The van der Waals surface area contributed by atoms with Crippen molar-refractivity contribution in [2.24, 2.45) is 0 Å². The van der Waals surface area contributed by atoms with Crippen molar-refractivity contribution in [3.63, 3.8) is 0 Å². The third-order valence-electron chi connectivity index (χ3n) is 6.31. The highest BCUT2D eigenvalue weighted by molar-refractivity contribution is 5.96. The molecule has 0 saturated carbocycles. The SMILES string of the molecule is CC(C)n1cnnc1-c1cccc(Nc2cccc3oc(C(=O)NCCN4CCC(O)C4)cc(=O)c23)n1. The van der Waals surface area contributed by atoms with Crippen molar-refractivity contribution in [3.05, 3.63) is 64.8 Å². The monoisotopic (exact) mass is 503 g/mol. The van der Waals surface area contributed by atoms with Gasteiger partial charge in [-0.25, -0.2) is 4.98 Å². The average molecular weight is 504 g/mol. The number of aliphatic hydroxyl groups is 1. The van der Waals surface area contributed by atoms with Gasteiger partial charge in [-0.2, -0.15) is 0 Å². The van der Waals surface area contributed by atoms with E-state index in [1.807, 2.05) is 30.5 Å². The number of aromatic nitrogens is 4. The number of pyridine rings is 1. The van der Waals surface area contributed by atoms with Gasteiger partial charge >= 0.3 is 0 Å². The standard InChI is InChI=1S/C26H29N7O4/c1-16(2)33-15-28-31-25(33)19-6-4-8-23(30-19)29-18-5-3-7-21-24(18)20(35)13-22(37-21)26(36)27-10-12-32-11-9-17(34)14-32/h3-8,13,15-17,34H,9-12,14H2,1-2H3,(H,27,36)(H,29,30). The van der Waals surface area contributed by atoms with Gasteiger partial charge in [-0.3, -0.25) is 14.5 Å². The number of amides is 1. The first kappa shape index (κ1) is 24.6. The molecular formula is C26H29N7O4. The number of anilines is 2. The van der Waals surface area contributed by atoms with Crippen LogP contribution in [0.15, 0.2) is 58.0 Å². The van der Waals surface area contributed by atoms with Crippen molar-refractivity contribution in [2.75, 3.05) is 31.5 Å². The number of likely N-dealkylation sites (tertiary alicyclic amines) is 1. The maximum absolute atomic E-state index is 13.0. The minimum absolute atomic E-state index is 0.0516. The molecule has 11 heteroatoms. The zero-order valence-corrected chi connectivity index (χ0v) is 20.7. The first-order valence-electron chi connectivity index (χ1n) is 12.3. The normalized spacial score (nSPS) is 15.9. The van der Waals surface area contributed by atoms with E-state index in [-0.39, 0.29) is 23.3 Å². The number of carbonyl (C=O) groups is 1. The highest BCUT2D eigenvalue weighted by atomic mass is 16.3.